The molecule has 0 saturated heterocycles. The third kappa shape index (κ3) is 2.53. The van der Waals surface area contributed by atoms with Crippen LogP contribution in [-0.4, -0.2) is 24.5 Å². The first kappa shape index (κ1) is 14.4. The van der Waals surface area contributed by atoms with E-state index in [1.807, 2.05) is 24.6 Å². The first-order chi connectivity index (χ1) is 9.97. The van der Waals surface area contributed by atoms with E-state index >= 15 is 0 Å². The highest BCUT2D eigenvalue weighted by Gasteiger charge is 2.13. The van der Waals surface area contributed by atoms with Crippen LogP contribution in [0, 0.1) is 13.8 Å². The van der Waals surface area contributed by atoms with Crippen molar-refractivity contribution >= 4 is 49.0 Å². The second-order valence-corrected chi connectivity index (χ2v) is 6.29. The van der Waals surface area contributed by atoms with Gasteiger partial charge in [0.2, 0.25) is 5.95 Å². The molecule has 8 heteroatoms. The van der Waals surface area contributed by atoms with E-state index in [1.54, 1.807) is 6.33 Å². The van der Waals surface area contributed by atoms with Gasteiger partial charge >= 0.3 is 0 Å². The fraction of sp³-hybridized carbons (Fsp3) is 0.231. The van der Waals surface area contributed by atoms with Gasteiger partial charge in [-0.1, -0.05) is 15.9 Å². The molecule has 0 unspecified atom stereocenters. The maximum absolute atomic E-state index is 5.70. The Morgan fingerprint density at radius 3 is 2.71 bits per heavy atom. The predicted octanol–water partition coefficient (Wildman–Crippen LogP) is 2.99. The number of nitrogen functional groups attached to an aromatic ring is 1. The minimum atomic E-state index is 0.214. The van der Waals surface area contributed by atoms with E-state index in [0.717, 1.165) is 21.3 Å². The van der Waals surface area contributed by atoms with Crippen LogP contribution >= 0.6 is 31.9 Å². The number of pyridine rings is 1. The highest BCUT2D eigenvalue weighted by molar-refractivity contribution is 9.10. The Bertz CT molecular complexity index is 842. The first-order valence-electron chi connectivity index (χ1n) is 6.21. The van der Waals surface area contributed by atoms with E-state index in [-0.39, 0.29) is 5.95 Å². The Morgan fingerprint density at radius 1 is 1.19 bits per heavy atom. The van der Waals surface area contributed by atoms with E-state index < -0.39 is 0 Å². The van der Waals surface area contributed by atoms with E-state index in [0.29, 0.717) is 22.3 Å². The average Bonchev–Trinajstić information content (AvgIpc) is 2.83. The Labute approximate surface area is 138 Å². The van der Waals surface area contributed by atoms with Crippen LogP contribution in [0.15, 0.2) is 21.6 Å². The second-order valence-electron chi connectivity index (χ2n) is 4.74. The van der Waals surface area contributed by atoms with Crippen molar-refractivity contribution in [3.05, 3.63) is 38.4 Å². The zero-order valence-electron chi connectivity index (χ0n) is 11.4. The number of aryl methyl sites for hydroxylation is 1. The molecule has 3 heterocycles. The maximum atomic E-state index is 5.70. The molecular weight excluding hydrogens is 400 g/mol. The number of aromatic nitrogens is 5. The fourth-order valence-corrected chi connectivity index (χ4v) is 2.91. The van der Waals surface area contributed by atoms with Gasteiger partial charge in [0.05, 0.1) is 18.6 Å². The molecule has 6 nitrogen and oxygen atoms in total. The number of fused-ring (bicyclic) bond motifs is 1. The molecule has 0 radical (unpaired) electrons. The summed E-state index contributed by atoms with van der Waals surface area (Å²) in [5.41, 5.74) is 10.3. The summed E-state index contributed by atoms with van der Waals surface area (Å²) in [5, 5.41) is 0. The van der Waals surface area contributed by atoms with Gasteiger partial charge in [-0.25, -0.2) is 9.97 Å². The van der Waals surface area contributed by atoms with Crippen LogP contribution in [0.5, 0.6) is 0 Å². The summed E-state index contributed by atoms with van der Waals surface area (Å²) in [6.07, 6.45) is 3.57. The number of nitrogens with zero attached hydrogens (tertiary/aromatic N) is 5. The molecule has 0 saturated carbocycles. The summed E-state index contributed by atoms with van der Waals surface area (Å²) in [6.45, 7) is 4.63. The van der Waals surface area contributed by atoms with Crippen LogP contribution in [0.2, 0.25) is 0 Å². The summed E-state index contributed by atoms with van der Waals surface area (Å²) in [7, 11) is 0. The maximum Gasteiger partial charge on any atom is 0.223 e. The smallest absolute Gasteiger partial charge is 0.223 e. The minimum absolute atomic E-state index is 0.214. The molecule has 108 valence electrons. The molecule has 3 aromatic rings. The highest BCUT2D eigenvalue weighted by atomic mass is 79.9. The predicted molar refractivity (Wildman–Crippen MR) is 87.9 cm³/mol. The van der Waals surface area contributed by atoms with Crippen LogP contribution in [0.25, 0.3) is 11.2 Å². The standard InChI is InChI=1S/C13H12Br2N6/c1-6-3-17-8(7(2)9(6)14)4-21-5-18-10-11(15)19-13(16)20-12(10)21/h3,5H,4H2,1-2H3,(H2,16,19,20). The Hall–Kier alpha value is -1.54. The molecular formula is C13H12Br2N6. The van der Waals surface area contributed by atoms with Gasteiger partial charge in [0.15, 0.2) is 5.65 Å². The Balaban J connectivity index is 2.09. The summed E-state index contributed by atoms with van der Waals surface area (Å²) < 4.78 is 3.58. The van der Waals surface area contributed by atoms with E-state index in [9.17, 15) is 0 Å². The normalized spacial score (nSPS) is 11.2. The number of hydrogen-bond acceptors (Lipinski definition) is 5. The van der Waals surface area contributed by atoms with Crippen molar-refractivity contribution in [3.63, 3.8) is 0 Å². The fourth-order valence-electron chi connectivity index (χ4n) is 2.11. The molecule has 2 N–H and O–H groups in total. The van der Waals surface area contributed by atoms with Gasteiger partial charge in [0.25, 0.3) is 0 Å². The molecule has 0 amide bonds. The van der Waals surface area contributed by atoms with Crippen LogP contribution in [-0.2, 0) is 6.54 Å². The van der Waals surface area contributed by atoms with Crippen molar-refractivity contribution in [2.75, 3.05) is 5.73 Å². The lowest BCUT2D eigenvalue weighted by molar-refractivity contribution is 0.778. The lowest BCUT2D eigenvalue weighted by Crippen LogP contribution is -2.06. The van der Waals surface area contributed by atoms with E-state index in [2.05, 4.69) is 51.8 Å². The zero-order valence-corrected chi connectivity index (χ0v) is 14.6. The van der Waals surface area contributed by atoms with Crippen molar-refractivity contribution in [1.82, 2.24) is 24.5 Å². The van der Waals surface area contributed by atoms with Crippen molar-refractivity contribution in [2.24, 2.45) is 0 Å². The van der Waals surface area contributed by atoms with Crippen molar-refractivity contribution < 1.29 is 0 Å². The van der Waals surface area contributed by atoms with Crippen LogP contribution in [0.3, 0.4) is 0 Å². The molecule has 0 aromatic carbocycles. The van der Waals surface area contributed by atoms with Crippen molar-refractivity contribution in [1.29, 1.82) is 0 Å². The summed E-state index contributed by atoms with van der Waals surface area (Å²) in [6, 6.07) is 0. The third-order valence-corrected chi connectivity index (χ3v) is 5.05. The van der Waals surface area contributed by atoms with Gasteiger partial charge in [0.1, 0.15) is 10.1 Å². The van der Waals surface area contributed by atoms with Gasteiger partial charge < -0.3 is 10.3 Å². The van der Waals surface area contributed by atoms with Gasteiger partial charge in [-0.05, 0) is 40.9 Å². The number of anilines is 1. The number of rotatable bonds is 2. The second kappa shape index (κ2) is 5.34. The molecule has 0 fully saturated rings. The van der Waals surface area contributed by atoms with E-state index in [1.165, 1.54) is 0 Å². The van der Waals surface area contributed by atoms with Crippen LogP contribution in [0.4, 0.5) is 5.95 Å². The molecule has 21 heavy (non-hydrogen) atoms. The van der Waals surface area contributed by atoms with Crippen molar-refractivity contribution in [2.45, 2.75) is 20.4 Å². The lowest BCUT2D eigenvalue weighted by atomic mass is 10.1. The molecule has 0 bridgehead atoms. The van der Waals surface area contributed by atoms with Gasteiger partial charge in [-0.15, -0.1) is 0 Å². The molecule has 3 rings (SSSR count). The number of nitrogens with two attached hydrogens (primary N) is 1. The molecule has 0 aliphatic rings. The van der Waals surface area contributed by atoms with Gasteiger partial charge in [-0.3, -0.25) is 4.98 Å². The molecule has 0 atom stereocenters. The zero-order chi connectivity index (χ0) is 15.1. The van der Waals surface area contributed by atoms with Gasteiger partial charge in [0, 0.05) is 10.7 Å². The van der Waals surface area contributed by atoms with Crippen LogP contribution < -0.4 is 5.73 Å². The van der Waals surface area contributed by atoms with Crippen molar-refractivity contribution in [3.8, 4) is 0 Å². The molecule has 0 aliphatic heterocycles. The monoisotopic (exact) mass is 410 g/mol. The largest absolute Gasteiger partial charge is 0.368 e. The molecule has 3 aromatic heterocycles. The van der Waals surface area contributed by atoms with Crippen LogP contribution in [0.1, 0.15) is 16.8 Å². The highest BCUT2D eigenvalue weighted by Crippen LogP contribution is 2.24. The topological polar surface area (TPSA) is 82.5 Å². The molecule has 0 spiro atoms. The number of hydrogen-bond donors (Lipinski definition) is 1. The van der Waals surface area contributed by atoms with Gasteiger partial charge in [-0.2, -0.15) is 4.98 Å². The minimum Gasteiger partial charge on any atom is -0.368 e. The summed E-state index contributed by atoms with van der Waals surface area (Å²) in [4.78, 5) is 17.1. The summed E-state index contributed by atoms with van der Waals surface area (Å²) >= 11 is 6.94. The third-order valence-electron chi connectivity index (χ3n) is 3.28. The SMILES string of the molecule is Cc1cnc(Cn2cnc3c(Br)nc(N)nc32)c(C)c1Br. The quantitative estimate of drug-likeness (QED) is 0.655. The number of imidazole rings is 1. The van der Waals surface area contributed by atoms with E-state index in [4.69, 9.17) is 5.73 Å². The molecule has 0 aliphatic carbocycles. The number of halogens is 2. The lowest BCUT2D eigenvalue weighted by Gasteiger charge is -2.10. The Morgan fingerprint density at radius 2 is 1.95 bits per heavy atom. The Kier molecular flexibility index (Phi) is 3.66. The first-order valence-corrected chi connectivity index (χ1v) is 7.80. The average molecular weight is 412 g/mol. The summed E-state index contributed by atoms with van der Waals surface area (Å²) in [5.74, 6) is 0.214.